The fraction of sp³-hybridized carbons (Fsp3) is 0. The van der Waals surface area contributed by atoms with Gasteiger partial charge in [0, 0.05) is 0 Å². The molecule has 1 amide bonds. The van der Waals surface area contributed by atoms with Crippen molar-refractivity contribution in [3.63, 3.8) is 0 Å². The molecule has 1 aromatic rings. The molecule has 0 unspecified atom stereocenters. The van der Waals surface area contributed by atoms with Gasteiger partial charge in [0.1, 0.15) is 5.82 Å². The van der Waals surface area contributed by atoms with E-state index in [4.69, 9.17) is 16.7 Å². The summed E-state index contributed by atoms with van der Waals surface area (Å²) in [7, 11) is 0. The third kappa shape index (κ3) is 2.43. The maximum absolute atomic E-state index is 12.5. The quantitative estimate of drug-likeness (QED) is 0.701. The SMILES string of the molecule is O=C(O)C(=O)Nc1ccc(F)cc1Cl. The first-order chi connectivity index (χ1) is 6.50. The van der Waals surface area contributed by atoms with Crippen molar-refractivity contribution >= 4 is 29.2 Å². The summed E-state index contributed by atoms with van der Waals surface area (Å²) in [5.74, 6) is -3.42. The molecule has 1 rings (SSSR count). The molecule has 0 fully saturated rings. The summed E-state index contributed by atoms with van der Waals surface area (Å²) >= 11 is 5.53. The third-order valence-corrected chi connectivity index (χ3v) is 1.69. The maximum Gasteiger partial charge on any atom is 0.394 e. The van der Waals surface area contributed by atoms with Crippen LogP contribution in [0.3, 0.4) is 0 Å². The second-order valence-corrected chi connectivity index (χ2v) is 2.79. The van der Waals surface area contributed by atoms with Gasteiger partial charge in [-0.25, -0.2) is 9.18 Å². The maximum atomic E-state index is 12.5. The van der Waals surface area contributed by atoms with Crippen LogP contribution in [-0.4, -0.2) is 17.0 Å². The molecule has 1 aromatic carbocycles. The normalized spacial score (nSPS) is 9.57. The van der Waals surface area contributed by atoms with Crippen molar-refractivity contribution in [1.29, 1.82) is 0 Å². The van der Waals surface area contributed by atoms with Gasteiger partial charge in [0.05, 0.1) is 10.7 Å². The topological polar surface area (TPSA) is 66.4 Å². The van der Waals surface area contributed by atoms with Gasteiger partial charge in [0.15, 0.2) is 0 Å². The standard InChI is InChI=1S/C8H5ClFNO3/c9-5-3-4(10)1-2-6(5)11-7(12)8(13)14/h1-3H,(H,11,12)(H,13,14). The van der Waals surface area contributed by atoms with E-state index in [0.717, 1.165) is 12.1 Å². The molecule has 0 saturated carbocycles. The molecule has 0 heterocycles. The van der Waals surface area contributed by atoms with Crippen molar-refractivity contribution < 1.29 is 19.1 Å². The Bertz CT molecular complexity index is 394. The van der Waals surface area contributed by atoms with Crippen molar-refractivity contribution in [2.24, 2.45) is 0 Å². The van der Waals surface area contributed by atoms with Crippen LogP contribution >= 0.6 is 11.6 Å². The number of halogens is 2. The molecule has 74 valence electrons. The Kier molecular flexibility index (Phi) is 3.03. The first-order valence-corrected chi connectivity index (χ1v) is 3.88. The van der Waals surface area contributed by atoms with Crippen LogP contribution in [-0.2, 0) is 9.59 Å². The van der Waals surface area contributed by atoms with Crippen LogP contribution in [0.1, 0.15) is 0 Å². The molecule has 0 bridgehead atoms. The van der Waals surface area contributed by atoms with Crippen LogP contribution in [0.4, 0.5) is 10.1 Å². The minimum atomic E-state index is -1.63. The zero-order chi connectivity index (χ0) is 10.7. The van der Waals surface area contributed by atoms with Gasteiger partial charge in [-0.15, -0.1) is 0 Å². The number of hydrogen-bond acceptors (Lipinski definition) is 2. The Morgan fingerprint density at radius 3 is 2.57 bits per heavy atom. The van der Waals surface area contributed by atoms with Crippen LogP contribution in [0.25, 0.3) is 0 Å². The summed E-state index contributed by atoms with van der Waals surface area (Å²) in [6.07, 6.45) is 0. The lowest BCUT2D eigenvalue weighted by Gasteiger charge is -2.03. The van der Waals surface area contributed by atoms with E-state index in [1.807, 2.05) is 5.32 Å². The first-order valence-electron chi connectivity index (χ1n) is 3.50. The molecule has 0 aliphatic carbocycles. The van der Waals surface area contributed by atoms with E-state index >= 15 is 0 Å². The highest BCUT2D eigenvalue weighted by atomic mass is 35.5. The van der Waals surface area contributed by atoms with Gasteiger partial charge in [-0.1, -0.05) is 11.6 Å². The number of carboxylic acids is 1. The van der Waals surface area contributed by atoms with Gasteiger partial charge in [0.25, 0.3) is 0 Å². The Morgan fingerprint density at radius 1 is 1.43 bits per heavy atom. The molecule has 2 N–H and O–H groups in total. The number of carboxylic acid groups (broad SMARTS) is 1. The van der Waals surface area contributed by atoms with E-state index in [9.17, 15) is 14.0 Å². The minimum Gasteiger partial charge on any atom is -0.474 e. The highest BCUT2D eigenvalue weighted by molar-refractivity contribution is 6.39. The number of carbonyl (C=O) groups is 2. The van der Waals surface area contributed by atoms with Gasteiger partial charge >= 0.3 is 11.9 Å². The average molecular weight is 218 g/mol. The monoisotopic (exact) mass is 217 g/mol. The average Bonchev–Trinajstić information content (AvgIpc) is 2.09. The van der Waals surface area contributed by atoms with Crippen molar-refractivity contribution in [2.45, 2.75) is 0 Å². The summed E-state index contributed by atoms with van der Waals surface area (Å²) in [5, 5.41) is 10.2. The molecular formula is C8H5ClFNO3. The Morgan fingerprint density at radius 2 is 2.07 bits per heavy atom. The zero-order valence-corrected chi connectivity index (χ0v) is 7.51. The molecular weight excluding hydrogens is 213 g/mol. The number of amides is 1. The zero-order valence-electron chi connectivity index (χ0n) is 6.75. The van der Waals surface area contributed by atoms with Crippen LogP contribution in [0.5, 0.6) is 0 Å². The van der Waals surface area contributed by atoms with E-state index in [1.165, 1.54) is 6.07 Å². The molecule has 0 atom stereocenters. The number of rotatable bonds is 1. The van der Waals surface area contributed by atoms with Crippen LogP contribution in [0.15, 0.2) is 18.2 Å². The highest BCUT2D eigenvalue weighted by Gasteiger charge is 2.12. The van der Waals surface area contributed by atoms with E-state index in [1.54, 1.807) is 0 Å². The van der Waals surface area contributed by atoms with Crippen molar-refractivity contribution in [2.75, 3.05) is 5.32 Å². The molecule has 4 nitrogen and oxygen atoms in total. The fourth-order valence-electron chi connectivity index (χ4n) is 0.767. The number of hydrogen-bond donors (Lipinski definition) is 2. The van der Waals surface area contributed by atoms with Crippen molar-refractivity contribution in [3.8, 4) is 0 Å². The van der Waals surface area contributed by atoms with E-state index in [-0.39, 0.29) is 10.7 Å². The first kappa shape index (κ1) is 10.5. The molecule has 14 heavy (non-hydrogen) atoms. The third-order valence-electron chi connectivity index (χ3n) is 1.37. The van der Waals surface area contributed by atoms with Crippen molar-refractivity contribution in [3.05, 3.63) is 29.0 Å². The molecule has 0 aliphatic rings. The molecule has 0 aromatic heterocycles. The Balaban J connectivity index is 2.87. The molecule has 0 saturated heterocycles. The molecule has 0 aliphatic heterocycles. The van der Waals surface area contributed by atoms with Gasteiger partial charge in [-0.2, -0.15) is 0 Å². The fourth-order valence-corrected chi connectivity index (χ4v) is 0.981. The minimum absolute atomic E-state index is 0.0559. The smallest absolute Gasteiger partial charge is 0.394 e. The summed E-state index contributed by atoms with van der Waals surface area (Å²) in [6, 6.07) is 3.21. The lowest BCUT2D eigenvalue weighted by atomic mass is 10.3. The Hall–Kier alpha value is -1.62. The van der Waals surface area contributed by atoms with Gasteiger partial charge < -0.3 is 10.4 Å². The Labute approximate surface area is 83.3 Å². The number of carbonyl (C=O) groups excluding carboxylic acids is 1. The lowest BCUT2D eigenvalue weighted by molar-refractivity contribution is -0.147. The van der Waals surface area contributed by atoms with E-state index in [2.05, 4.69) is 0 Å². The number of anilines is 1. The van der Waals surface area contributed by atoms with Crippen LogP contribution < -0.4 is 5.32 Å². The van der Waals surface area contributed by atoms with Crippen LogP contribution in [0.2, 0.25) is 5.02 Å². The lowest BCUT2D eigenvalue weighted by Crippen LogP contribution is -2.21. The molecule has 0 spiro atoms. The van der Waals surface area contributed by atoms with Crippen LogP contribution in [0, 0.1) is 5.82 Å². The largest absolute Gasteiger partial charge is 0.474 e. The predicted molar refractivity (Wildman–Crippen MR) is 47.7 cm³/mol. The molecule has 0 radical (unpaired) electrons. The molecule has 6 heteroatoms. The predicted octanol–water partition coefficient (Wildman–Crippen LogP) is 1.50. The second kappa shape index (κ2) is 4.06. The summed E-state index contributed by atoms with van der Waals surface area (Å²) in [6.45, 7) is 0. The highest BCUT2D eigenvalue weighted by Crippen LogP contribution is 2.22. The number of benzene rings is 1. The van der Waals surface area contributed by atoms with Gasteiger partial charge in [-0.3, -0.25) is 4.79 Å². The van der Waals surface area contributed by atoms with E-state index < -0.39 is 17.7 Å². The number of aliphatic carboxylic acids is 1. The van der Waals surface area contributed by atoms with E-state index in [0.29, 0.717) is 0 Å². The van der Waals surface area contributed by atoms with Crippen molar-refractivity contribution in [1.82, 2.24) is 0 Å². The van der Waals surface area contributed by atoms with Gasteiger partial charge in [0.2, 0.25) is 0 Å². The summed E-state index contributed by atoms with van der Waals surface area (Å²) in [4.78, 5) is 20.8. The van der Waals surface area contributed by atoms with Gasteiger partial charge in [-0.05, 0) is 18.2 Å². The summed E-state index contributed by atoms with van der Waals surface area (Å²) in [5.41, 5.74) is 0.0560. The second-order valence-electron chi connectivity index (χ2n) is 2.38. The number of nitrogens with one attached hydrogen (secondary N) is 1. The summed E-state index contributed by atoms with van der Waals surface area (Å²) < 4.78 is 12.5.